The maximum absolute atomic E-state index is 13.1. The Morgan fingerprint density at radius 3 is 2.54 bits per heavy atom. The second-order valence-corrected chi connectivity index (χ2v) is 13.1. The Bertz CT molecular complexity index is 1730. The summed E-state index contributed by atoms with van der Waals surface area (Å²) in [7, 11) is 0. The van der Waals surface area contributed by atoms with Crippen LogP contribution < -0.4 is 15.8 Å². The van der Waals surface area contributed by atoms with Crippen molar-refractivity contribution in [3.8, 4) is 11.5 Å². The van der Waals surface area contributed by atoms with Crippen LogP contribution in [0.15, 0.2) is 54.6 Å². The van der Waals surface area contributed by atoms with Crippen LogP contribution in [-0.2, 0) is 35.5 Å². The van der Waals surface area contributed by atoms with Gasteiger partial charge in [-0.3, -0.25) is 14.3 Å². The molecule has 0 fully saturated rings. The minimum atomic E-state index is -1.07. The molecule has 1 aliphatic heterocycles. The van der Waals surface area contributed by atoms with Gasteiger partial charge in [0.05, 0.1) is 35.6 Å². The van der Waals surface area contributed by atoms with Crippen LogP contribution in [0.25, 0.3) is 0 Å². The second kappa shape index (κ2) is 14.1. The lowest BCUT2D eigenvalue weighted by Crippen LogP contribution is -2.23. The number of carboxylic acid groups (broad SMARTS) is 1. The van der Waals surface area contributed by atoms with E-state index in [0.717, 1.165) is 30.9 Å². The van der Waals surface area contributed by atoms with Crippen molar-refractivity contribution >= 4 is 40.9 Å². The topological polar surface area (TPSA) is 142 Å². The number of nitrogens with zero attached hydrogens (tertiary/aromatic N) is 3. The van der Waals surface area contributed by atoms with Crippen molar-refractivity contribution in [2.45, 2.75) is 71.1 Å². The summed E-state index contributed by atoms with van der Waals surface area (Å²) in [6.45, 7) is 7.03. The number of rotatable bonds is 12. The minimum Gasteiger partial charge on any atom is -0.481 e. The molecule has 1 unspecified atom stereocenters. The number of carbonyl (C=O) groups excluding carboxylic acids is 1. The Balaban J connectivity index is 1.54. The third-order valence-corrected chi connectivity index (χ3v) is 7.98. The smallest absolute Gasteiger partial charge is 0.304 e. The van der Waals surface area contributed by atoms with E-state index in [2.05, 4.69) is 11.4 Å². The molecule has 0 aliphatic carbocycles. The van der Waals surface area contributed by atoms with E-state index in [1.165, 1.54) is 5.56 Å². The van der Waals surface area contributed by atoms with Gasteiger partial charge >= 0.3 is 5.97 Å². The number of aryl methyl sites for hydroxylation is 3. The van der Waals surface area contributed by atoms with Crippen molar-refractivity contribution in [2.24, 2.45) is 5.73 Å². The number of halogens is 2. The van der Waals surface area contributed by atoms with Gasteiger partial charge in [-0.2, -0.15) is 5.10 Å². The maximum Gasteiger partial charge on any atom is 0.304 e. The van der Waals surface area contributed by atoms with E-state index in [4.69, 9.17) is 48.5 Å². The highest BCUT2D eigenvalue weighted by Crippen LogP contribution is 2.36. The molecule has 242 valence electrons. The molecular weight excluding hydrogens is 629 g/mol. The molecule has 12 heteroatoms. The van der Waals surface area contributed by atoms with Crippen LogP contribution in [0.4, 0.5) is 5.82 Å². The number of pyridine rings is 1. The summed E-state index contributed by atoms with van der Waals surface area (Å²) in [5.74, 6) is -0.883. The highest BCUT2D eigenvalue weighted by molar-refractivity contribution is 6.34. The van der Waals surface area contributed by atoms with Crippen LogP contribution in [-0.4, -0.2) is 43.9 Å². The monoisotopic (exact) mass is 665 g/mol. The van der Waals surface area contributed by atoms with E-state index in [1.807, 2.05) is 26.8 Å². The molecule has 46 heavy (non-hydrogen) atoms. The number of carbonyl (C=O) groups is 2. The average Bonchev–Trinajstić information content (AvgIpc) is 3.35. The van der Waals surface area contributed by atoms with Crippen LogP contribution >= 0.6 is 23.2 Å². The zero-order valence-corrected chi connectivity index (χ0v) is 27.5. The summed E-state index contributed by atoms with van der Waals surface area (Å²) >= 11 is 12.3. The number of fused-ring (bicyclic) bond motifs is 1. The van der Waals surface area contributed by atoms with Crippen LogP contribution in [0.2, 0.25) is 10.0 Å². The van der Waals surface area contributed by atoms with Crippen molar-refractivity contribution in [1.29, 1.82) is 0 Å². The first-order valence-corrected chi connectivity index (χ1v) is 15.8. The van der Waals surface area contributed by atoms with Gasteiger partial charge in [-0.15, -0.1) is 0 Å². The van der Waals surface area contributed by atoms with Crippen molar-refractivity contribution in [1.82, 2.24) is 14.8 Å². The number of anilines is 1. The predicted molar refractivity (Wildman–Crippen MR) is 177 cm³/mol. The molecule has 2 aromatic carbocycles. The van der Waals surface area contributed by atoms with Crippen molar-refractivity contribution < 1.29 is 24.2 Å². The van der Waals surface area contributed by atoms with E-state index < -0.39 is 23.4 Å². The summed E-state index contributed by atoms with van der Waals surface area (Å²) in [6.07, 6.45) is 2.23. The number of ether oxygens (including phenoxy) is 2. The number of carboxylic acids is 1. The Morgan fingerprint density at radius 2 is 1.85 bits per heavy atom. The molecule has 1 amide bonds. The van der Waals surface area contributed by atoms with E-state index >= 15 is 0 Å². The lowest BCUT2D eigenvalue weighted by molar-refractivity contribution is -0.137. The Hall–Kier alpha value is -4.12. The number of aromatic nitrogens is 3. The number of primary amides is 1. The van der Waals surface area contributed by atoms with Gasteiger partial charge in [0.25, 0.3) is 5.91 Å². The first kappa shape index (κ1) is 33.2. The fourth-order valence-corrected chi connectivity index (χ4v) is 5.95. The first-order valence-electron chi connectivity index (χ1n) is 15.1. The zero-order valence-electron chi connectivity index (χ0n) is 26.0. The summed E-state index contributed by atoms with van der Waals surface area (Å²) < 4.78 is 13.8. The Labute approximate surface area is 277 Å². The first-order chi connectivity index (χ1) is 21.9. The Morgan fingerprint density at radius 1 is 1.09 bits per heavy atom. The summed E-state index contributed by atoms with van der Waals surface area (Å²) in [4.78, 5) is 30.1. The SMILES string of the molecule is CC(C)(C)OCc1c(C(N)=O)c(C(CC(=O)O)c2cccc(Oc3cc(Cl)cc(Cl)c3)c2)nn1CCc1ccc2c(n1)NCCC2. The normalized spacial score (nSPS) is 13.5. The highest BCUT2D eigenvalue weighted by atomic mass is 35.5. The number of nitrogens with one attached hydrogen (secondary N) is 1. The third-order valence-electron chi connectivity index (χ3n) is 7.55. The molecule has 3 heterocycles. The van der Waals surface area contributed by atoms with Crippen LogP contribution in [0, 0.1) is 0 Å². The largest absolute Gasteiger partial charge is 0.481 e. The third kappa shape index (κ3) is 8.37. The lowest BCUT2D eigenvalue weighted by atomic mass is 9.89. The van der Waals surface area contributed by atoms with E-state index in [0.29, 0.717) is 45.8 Å². The quantitative estimate of drug-likeness (QED) is 0.147. The number of hydrogen-bond acceptors (Lipinski definition) is 7. The molecule has 1 atom stereocenters. The van der Waals surface area contributed by atoms with Gasteiger partial charge in [-0.1, -0.05) is 41.4 Å². The Kier molecular flexibility index (Phi) is 10.2. The highest BCUT2D eigenvalue weighted by Gasteiger charge is 2.31. The molecule has 2 aromatic heterocycles. The number of nitrogens with two attached hydrogens (primary N) is 1. The minimum absolute atomic E-state index is 0.0480. The summed E-state index contributed by atoms with van der Waals surface area (Å²) in [5, 5.41) is 19.0. The molecule has 0 bridgehead atoms. The molecule has 4 N–H and O–H groups in total. The summed E-state index contributed by atoms with van der Waals surface area (Å²) in [6, 6.07) is 15.9. The van der Waals surface area contributed by atoms with Gasteiger partial charge in [-0.05, 0) is 81.1 Å². The van der Waals surface area contributed by atoms with Gasteiger partial charge in [0.2, 0.25) is 0 Å². The molecule has 0 saturated carbocycles. The second-order valence-electron chi connectivity index (χ2n) is 12.2. The van der Waals surface area contributed by atoms with Crippen LogP contribution in [0.3, 0.4) is 0 Å². The summed E-state index contributed by atoms with van der Waals surface area (Å²) in [5.41, 5.74) is 8.97. The van der Waals surface area contributed by atoms with Gasteiger partial charge in [0, 0.05) is 41.2 Å². The molecule has 4 aromatic rings. The van der Waals surface area contributed by atoms with Crippen molar-refractivity contribution in [2.75, 3.05) is 11.9 Å². The number of hydrogen-bond donors (Lipinski definition) is 3. The van der Waals surface area contributed by atoms with Gasteiger partial charge in [-0.25, -0.2) is 4.98 Å². The number of benzene rings is 2. The van der Waals surface area contributed by atoms with Gasteiger partial charge < -0.3 is 25.6 Å². The standard InChI is InChI=1S/C34H37Cl2N5O5/c1-34(2,3)45-19-28-30(32(37)44)31(40-41(28)13-11-24-10-9-20-7-5-12-38-33(20)39-24)27(18-29(42)43)21-6-4-8-25(14-21)46-26-16-22(35)15-23(36)17-26/h4,6,8-10,14-17,27H,5,7,11-13,18-19H2,1-3H3,(H2,37,44)(H,38,39)(H,42,43). The fraction of sp³-hybridized carbons (Fsp3) is 0.353. The van der Waals surface area contributed by atoms with Crippen molar-refractivity contribution in [3.05, 3.63) is 98.4 Å². The molecule has 5 rings (SSSR count). The van der Waals surface area contributed by atoms with Crippen LogP contribution in [0.1, 0.15) is 78.1 Å². The van der Waals surface area contributed by atoms with Gasteiger partial charge in [0.15, 0.2) is 0 Å². The molecule has 10 nitrogen and oxygen atoms in total. The van der Waals surface area contributed by atoms with E-state index in [9.17, 15) is 14.7 Å². The lowest BCUT2D eigenvalue weighted by Gasteiger charge is -2.20. The van der Waals surface area contributed by atoms with E-state index in [1.54, 1.807) is 47.1 Å². The molecular formula is C34H37Cl2N5O5. The van der Waals surface area contributed by atoms with Gasteiger partial charge in [0.1, 0.15) is 17.3 Å². The molecule has 0 saturated heterocycles. The number of aliphatic carboxylic acids is 1. The molecule has 0 radical (unpaired) electrons. The number of amides is 1. The maximum atomic E-state index is 13.1. The fourth-order valence-electron chi connectivity index (χ4n) is 5.44. The van der Waals surface area contributed by atoms with Crippen molar-refractivity contribution in [3.63, 3.8) is 0 Å². The molecule has 0 spiro atoms. The average molecular weight is 667 g/mol. The molecule has 1 aliphatic rings. The predicted octanol–water partition coefficient (Wildman–Crippen LogP) is 7.00. The van der Waals surface area contributed by atoms with Crippen LogP contribution in [0.5, 0.6) is 11.5 Å². The zero-order chi connectivity index (χ0) is 33.0. The van der Waals surface area contributed by atoms with E-state index in [-0.39, 0.29) is 24.3 Å².